The summed E-state index contributed by atoms with van der Waals surface area (Å²) in [6.07, 6.45) is -1.53. The molecule has 0 aliphatic carbocycles. The van der Waals surface area contributed by atoms with Crippen molar-refractivity contribution in [2.24, 2.45) is 5.73 Å². The Bertz CT molecular complexity index is 1100. The first-order valence-corrected chi connectivity index (χ1v) is 13.0. The number of hydrogen-bond donors (Lipinski definition) is 3. The van der Waals surface area contributed by atoms with Crippen LogP contribution in [0.1, 0.15) is 25.8 Å². The number of alkyl halides is 1. The smallest absolute Gasteiger partial charge is 0.242 e. The molecule has 2 aliphatic rings. The number of nitriles is 1. The minimum Gasteiger partial charge on any atom is -0.322 e. The molecular weight excluding hydrogens is 469 g/mol. The molecular formula is C19H23ClFN3O5S2. The van der Waals surface area contributed by atoms with E-state index in [2.05, 4.69) is 0 Å². The Morgan fingerprint density at radius 2 is 2.13 bits per heavy atom. The zero-order valence-electron chi connectivity index (χ0n) is 16.8. The van der Waals surface area contributed by atoms with Crippen molar-refractivity contribution >= 4 is 43.5 Å². The topological polar surface area (TPSA) is 145 Å². The van der Waals surface area contributed by atoms with Crippen LogP contribution in [0.2, 0.25) is 5.02 Å². The van der Waals surface area contributed by atoms with Crippen LogP contribution in [-0.4, -0.2) is 63.6 Å². The zero-order chi connectivity index (χ0) is 23.4. The molecule has 3 atom stereocenters. The number of rotatable bonds is 5. The number of likely N-dealkylation sites (tertiary alicyclic amines) is 1. The van der Waals surface area contributed by atoms with Crippen LogP contribution in [0.25, 0.3) is 5.57 Å². The van der Waals surface area contributed by atoms with E-state index < -0.39 is 55.1 Å². The maximum absolute atomic E-state index is 13.7. The predicted octanol–water partition coefficient (Wildman–Crippen LogP) is 2.79. The number of carbonyl (C=O) groups excluding carboxylic acids is 1. The third-order valence-corrected chi connectivity index (χ3v) is 10.2. The molecule has 170 valence electrons. The summed E-state index contributed by atoms with van der Waals surface area (Å²) in [5.41, 5.74) is 6.48. The van der Waals surface area contributed by atoms with Crippen molar-refractivity contribution in [1.29, 1.82) is 5.26 Å². The largest absolute Gasteiger partial charge is 0.322 e. The maximum atomic E-state index is 13.7. The monoisotopic (exact) mass is 491 g/mol. The van der Waals surface area contributed by atoms with Gasteiger partial charge in [0, 0.05) is 22.4 Å². The molecule has 4 N–H and O–H groups in total. The fourth-order valence-electron chi connectivity index (χ4n) is 3.66. The van der Waals surface area contributed by atoms with E-state index in [0.29, 0.717) is 10.6 Å². The summed E-state index contributed by atoms with van der Waals surface area (Å²) in [6.45, 7) is 2.24. The predicted molar refractivity (Wildman–Crippen MR) is 117 cm³/mol. The molecule has 3 rings (SSSR count). The van der Waals surface area contributed by atoms with Crippen LogP contribution < -0.4 is 5.73 Å². The summed E-state index contributed by atoms with van der Waals surface area (Å²) < 4.78 is 59.1. The Hall–Kier alpha value is -1.68. The van der Waals surface area contributed by atoms with Crippen LogP contribution >= 0.6 is 22.2 Å². The number of halogens is 2. The second-order valence-electron chi connectivity index (χ2n) is 8.19. The average Bonchev–Trinajstić information content (AvgIpc) is 3.16. The van der Waals surface area contributed by atoms with Crippen LogP contribution in [0.15, 0.2) is 28.5 Å². The van der Waals surface area contributed by atoms with Gasteiger partial charge in [0.1, 0.15) is 18.3 Å². The summed E-state index contributed by atoms with van der Waals surface area (Å²) >= 11 is 5.99. The molecule has 12 heteroatoms. The van der Waals surface area contributed by atoms with Gasteiger partial charge in [-0.15, -0.1) is 10.6 Å². The van der Waals surface area contributed by atoms with E-state index in [9.17, 15) is 26.7 Å². The third kappa shape index (κ3) is 4.20. The van der Waals surface area contributed by atoms with Crippen molar-refractivity contribution in [2.75, 3.05) is 12.3 Å². The number of benzene rings is 1. The second kappa shape index (κ2) is 8.03. The SMILES string of the molecule is CC(C)([C@H](N)C(=O)N1C[C@@H](F)C[C@H]1C#N)S(=O)(=O)CC1=CS(O)(O)c2ccc(Cl)cc21. The number of carbonyl (C=O) groups is 1. The van der Waals surface area contributed by atoms with Gasteiger partial charge < -0.3 is 10.6 Å². The van der Waals surface area contributed by atoms with E-state index in [-0.39, 0.29) is 23.4 Å². The minimum absolute atomic E-state index is 0.144. The van der Waals surface area contributed by atoms with Gasteiger partial charge in [-0.3, -0.25) is 13.9 Å². The molecule has 0 bridgehead atoms. The van der Waals surface area contributed by atoms with Gasteiger partial charge in [0.05, 0.1) is 28.0 Å². The molecule has 0 spiro atoms. The first-order valence-electron chi connectivity index (χ1n) is 9.32. The van der Waals surface area contributed by atoms with Crippen molar-refractivity contribution in [2.45, 2.75) is 48.2 Å². The molecule has 0 saturated carbocycles. The Labute approximate surface area is 186 Å². The minimum atomic E-state index is -4.13. The van der Waals surface area contributed by atoms with Gasteiger partial charge in [-0.1, -0.05) is 11.6 Å². The fraction of sp³-hybridized carbons (Fsp3) is 0.474. The zero-order valence-corrected chi connectivity index (χ0v) is 19.2. The van der Waals surface area contributed by atoms with Crippen molar-refractivity contribution in [3.8, 4) is 6.07 Å². The number of nitrogens with two attached hydrogens (primary N) is 1. The van der Waals surface area contributed by atoms with Crippen LogP contribution in [0, 0.1) is 11.3 Å². The normalized spacial score (nSPS) is 24.8. The number of amides is 1. The molecule has 0 aromatic heterocycles. The van der Waals surface area contributed by atoms with Crippen LogP contribution in [0.5, 0.6) is 0 Å². The highest BCUT2D eigenvalue weighted by molar-refractivity contribution is 8.27. The third-order valence-electron chi connectivity index (χ3n) is 5.76. The number of sulfone groups is 1. The van der Waals surface area contributed by atoms with E-state index in [1.807, 2.05) is 6.07 Å². The van der Waals surface area contributed by atoms with Crippen molar-refractivity contribution in [1.82, 2.24) is 4.90 Å². The second-order valence-corrected chi connectivity index (χ2v) is 13.1. The fourth-order valence-corrected chi connectivity index (χ4v) is 6.96. The summed E-state index contributed by atoms with van der Waals surface area (Å²) in [4.78, 5) is 14.0. The lowest BCUT2D eigenvalue weighted by atomic mass is 10.0. The summed E-state index contributed by atoms with van der Waals surface area (Å²) in [5.74, 6) is -1.44. The molecule has 0 unspecified atom stereocenters. The molecule has 1 saturated heterocycles. The highest BCUT2D eigenvalue weighted by atomic mass is 35.5. The van der Waals surface area contributed by atoms with Crippen molar-refractivity contribution in [3.63, 3.8) is 0 Å². The van der Waals surface area contributed by atoms with E-state index in [4.69, 9.17) is 22.6 Å². The van der Waals surface area contributed by atoms with E-state index in [0.717, 1.165) is 10.3 Å². The van der Waals surface area contributed by atoms with E-state index in [1.165, 1.54) is 32.0 Å². The van der Waals surface area contributed by atoms with Crippen molar-refractivity contribution < 1.29 is 26.7 Å². The Kier molecular flexibility index (Phi) is 6.21. The number of nitrogens with zero attached hydrogens (tertiary/aromatic N) is 2. The highest BCUT2D eigenvalue weighted by Gasteiger charge is 2.48. The highest BCUT2D eigenvalue weighted by Crippen LogP contribution is 2.59. The molecule has 1 amide bonds. The Morgan fingerprint density at radius 1 is 1.48 bits per heavy atom. The average molecular weight is 492 g/mol. The Morgan fingerprint density at radius 3 is 2.74 bits per heavy atom. The molecule has 2 heterocycles. The van der Waals surface area contributed by atoms with Crippen LogP contribution in [0.4, 0.5) is 4.39 Å². The van der Waals surface area contributed by atoms with E-state index in [1.54, 1.807) is 0 Å². The van der Waals surface area contributed by atoms with Gasteiger partial charge in [0.15, 0.2) is 9.84 Å². The molecule has 1 fully saturated rings. The van der Waals surface area contributed by atoms with Gasteiger partial charge >= 0.3 is 0 Å². The first-order chi connectivity index (χ1) is 14.2. The summed E-state index contributed by atoms with van der Waals surface area (Å²) in [5, 5.41) is 10.6. The van der Waals surface area contributed by atoms with Crippen LogP contribution in [-0.2, 0) is 14.6 Å². The number of fused-ring (bicyclic) bond motifs is 1. The van der Waals surface area contributed by atoms with Gasteiger partial charge in [-0.05, 0) is 37.6 Å². The standard InChI is InChI=1S/C19H23ClFN3O5S2/c1-19(2,17(23)18(25)24-8-13(21)6-14(24)7-22)31(28,29)10-11-9-30(26,27)16-4-3-12(20)5-15(11)16/h3-5,9,13-14,17,26-27H,6,8,10,23H2,1-2H3/t13-,14-,17+/m0/s1. The maximum Gasteiger partial charge on any atom is 0.242 e. The Balaban J connectivity index is 1.89. The molecule has 31 heavy (non-hydrogen) atoms. The summed E-state index contributed by atoms with van der Waals surface area (Å²) in [7, 11) is -7.46. The van der Waals surface area contributed by atoms with Gasteiger partial charge in [-0.25, -0.2) is 12.8 Å². The van der Waals surface area contributed by atoms with Gasteiger partial charge in [0.25, 0.3) is 0 Å². The summed E-state index contributed by atoms with van der Waals surface area (Å²) in [6, 6.07) is 3.62. The molecule has 2 aliphatic heterocycles. The van der Waals surface area contributed by atoms with Crippen molar-refractivity contribution in [3.05, 3.63) is 34.2 Å². The van der Waals surface area contributed by atoms with Crippen LogP contribution in [0.3, 0.4) is 0 Å². The lowest BCUT2D eigenvalue weighted by Gasteiger charge is -2.33. The lowest BCUT2D eigenvalue weighted by molar-refractivity contribution is -0.133. The molecule has 8 nitrogen and oxygen atoms in total. The lowest BCUT2D eigenvalue weighted by Crippen LogP contribution is -2.59. The van der Waals surface area contributed by atoms with E-state index >= 15 is 0 Å². The molecule has 0 radical (unpaired) electrons. The van der Waals surface area contributed by atoms with Gasteiger partial charge in [0.2, 0.25) is 5.91 Å². The molecule has 1 aromatic carbocycles. The quantitative estimate of drug-likeness (QED) is 0.574. The first kappa shape index (κ1) is 24.0. The van der Waals surface area contributed by atoms with Gasteiger partial charge in [-0.2, -0.15) is 5.26 Å². The number of hydrogen-bond acceptors (Lipinski definition) is 7. The molecule has 1 aromatic rings.